The number of hydrogen-bond donors (Lipinski definition) is 0. The van der Waals surface area contributed by atoms with Gasteiger partial charge in [0.15, 0.2) is 17.5 Å². The van der Waals surface area contributed by atoms with E-state index in [0.717, 1.165) is 23.0 Å². The molecule has 0 unspecified atom stereocenters. The molecule has 1 aromatic carbocycles. The molecule has 7 heteroatoms. The zero-order valence-corrected chi connectivity index (χ0v) is 15.1. The number of carbonyl (C=O) groups is 1. The van der Waals surface area contributed by atoms with E-state index in [1.165, 1.54) is 18.2 Å². The summed E-state index contributed by atoms with van der Waals surface area (Å²) < 4.78 is 38.7. The third-order valence-corrected chi connectivity index (χ3v) is 4.12. The van der Waals surface area contributed by atoms with Crippen LogP contribution < -0.4 is 0 Å². The normalized spacial score (nSPS) is 11.3. The van der Waals surface area contributed by atoms with Gasteiger partial charge in [-0.05, 0) is 44.5 Å². The number of benzene rings is 1. The van der Waals surface area contributed by atoms with Crippen LogP contribution in [0.1, 0.15) is 28.3 Å². The monoisotopic (exact) mass is 372 g/mol. The molecular formula is C20H18F2N2O3. The van der Waals surface area contributed by atoms with Gasteiger partial charge in [0, 0.05) is 29.1 Å². The molecule has 0 radical (unpaired) electrons. The Morgan fingerprint density at radius 3 is 2.74 bits per heavy atom. The van der Waals surface area contributed by atoms with Crippen molar-refractivity contribution in [3.8, 4) is 5.82 Å². The Morgan fingerprint density at radius 1 is 1.26 bits per heavy atom. The highest BCUT2D eigenvalue weighted by Gasteiger charge is 2.13. The van der Waals surface area contributed by atoms with Crippen LogP contribution in [0.25, 0.3) is 11.9 Å². The lowest BCUT2D eigenvalue weighted by molar-refractivity contribution is -0.139. The second-order valence-electron chi connectivity index (χ2n) is 6.11. The summed E-state index contributed by atoms with van der Waals surface area (Å²) in [5, 5.41) is 4.00. The number of carbonyl (C=O) groups excluding carboxylic acids is 1. The van der Waals surface area contributed by atoms with Crippen molar-refractivity contribution in [2.45, 2.75) is 27.4 Å². The van der Waals surface area contributed by atoms with Crippen molar-refractivity contribution in [1.82, 2.24) is 9.72 Å². The summed E-state index contributed by atoms with van der Waals surface area (Å²) in [6.07, 6.45) is 2.85. The van der Waals surface area contributed by atoms with E-state index in [1.54, 1.807) is 6.08 Å². The molecule has 5 nitrogen and oxygen atoms in total. The van der Waals surface area contributed by atoms with Gasteiger partial charge in [-0.3, -0.25) is 4.57 Å². The molecule has 0 fully saturated rings. The second kappa shape index (κ2) is 7.57. The van der Waals surface area contributed by atoms with Crippen LogP contribution in [0.3, 0.4) is 0 Å². The average molecular weight is 372 g/mol. The highest BCUT2D eigenvalue weighted by atomic mass is 19.2. The molecule has 0 atom stereocenters. The van der Waals surface area contributed by atoms with Gasteiger partial charge in [0.2, 0.25) is 0 Å². The molecule has 0 aliphatic carbocycles. The molecule has 0 saturated heterocycles. The molecule has 0 N–H and O–H groups in total. The molecule has 2 aromatic heterocycles. The van der Waals surface area contributed by atoms with Crippen LogP contribution in [-0.4, -0.2) is 15.7 Å². The van der Waals surface area contributed by atoms with Crippen LogP contribution in [0.2, 0.25) is 0 Å². The lowest BCUT2D eigenvalue weighted by atomic mass is 10.2. The van der Waals surface area contributed by atoms with Gasteiger partial charge in [0.05, 0.1) is 0 Å². The van der Waals surface area contributed by atoms with Gasteiger partial charge in [0.1, 0.15) is 12.4 Å². The molecule has 3 rings (SSSR count). The van der Waals surface area contributed by atoms with Crippen LogP contribution in [0, 0.1) is 32.4 Å². The maximum absolute atomic E-state index is 13.6. The first-order chi connectivity index (χ1) is 12.9. The second-order valence-corrected chi connectivity index (χ2v) is 6.11. The van der Waals surface area contributed by atoms with Gasteiger partial charge in [0.25, 0.3) is 0 Å². The smallest absolute Gasteiger partial charge is 0.331 e. The molecule has 2 heterocycles. The molecule has 0 amide bonds. The number of halogens is 2. The quantitative estimate of drug-likeness (QED) is 0.491. The minimum absolute atomic E-state index is 0.0173. The van der Waals surface area contributed by atoms with Gasteiger partial charge in [-0.1, -0.05) is 17.3 Å². The van der Waals surface area contributed by atoms with Crippen molar-refractivity contribution in [1.29, 1.82) is 0 Å². The van der Waals surface area contributed by atoms with Crippen LogP contribution in [0.15, 0.2) is 40.9 Å². The fourth-order valence-corrected chi connectivity index (χ4v) is 2.78. The van der Waals surface area contributed by atoms with E-state index >= 15 is 0 Å². The van der Waals surface area contributed by atoms with Crippen LogP contribution in [0.5, 0.6) is 0 Å². The van der Waals surface area contributed by atoms with Crippen molar-refractivity contribution in [2.75, 3.05) is 0 Å². The summed E-state index contributed by atoms with van der Waals surface area (Å²) in [5.74, 6) is -1.29. The molecular weight excluding hydrogens is 354 g/mol. The van der Waals surface area contributed by atoms with Gasteiger partial charge in [-0.15, -0.1) is 0 Å². The number of rotatable bonds is 5. The summed E-state index contributed by atoms with van der Waals surface area (Å²) in [4.78, 5) is 11.9. The molecule has 0 saturated carbocycles. The van der Waals surface area contributed by atoms with Crippen molar-refractivity contribution < 1.29 is 22.8 Å². The van der Waals surface area contributed by atoms with E-state index in [-0.39, 0.29) is 12.2 Å². The van der Waals surface area contributed by atoms with Gasteiger partial charge < -0.3 is 9.26 Å². The SMILES string of the molecule is Cc1cc(-n2c(C)cc(/C=C/C(=O)OCc3cccc(F)c3F)c2C)no1. The third kappa shape index (κ3) is 3.97. The number of nitrogens with zero attached hydrogens (tertiary/aromatic N) is 2. The molecule has 0 aliphatic heterocycles. The number of hydrogen-bond acceptors (Lipinski definition) is 4. The summed E-state index contributed by atoms with van der Waals surface area (Å²) in [6.45, 7) is 5.27. The van der Waals surface area contributed by atoms with E-state index in [9.17, 15) is 13.6 Å². The zero-order chi connectivity index (χ0) is 19.6. The van der Waals surface area contributed by atoms with E-state index in [1.807, 2.05) is 37.5 Å². The summed E-state index contributed by atoms with van der Waals surface area (Å²) in [7, 11) is 0. The van der Waals surface area contributed by atoms with E-state index < -0.39 is 17.6 Å². The largest absolute Gasteiger partial charge is 0.458 e. The van der Waals surface area contributed by atoms with E-state index in [0.29, 0.717) is 11.6 Å². The third-order valence-electron chi connectivity index (χ3n) is 4.12. The predicted molar refractivity (Wildman–Crippen MR) is 95.2 cm³/mol. The summed E-state index contributed by atoms with van der Waals surface area (Å²) in [5.41, 5.74) is 2.59. The molecule has 0 aliphatic rings. The standard InChI is InChI=1S/C20H18F2N2O3/c1-12-9-15(14(3)24(12)18-10-13(2)27-23-18)7-8-19(25)26-11-16-5-4-6-17(21)20(16)22/h4-10H,11H2,1-3H3/b8-7+. The minimum atomic E-state index is -1.01. The topological polar surface area (TPSA) is 57.3 Å². The minimum Gasteiger partial charge on any atom is -0.458 e. The van der Waals surface area contributed by atoms with E-state index in [2.05, 4.69) is 5.16 Å². The lowest BCUT2D eigenvalue weighted by Gasteiger charge is -2.04. The Balaban J connectivity index is 1.71. The molecule has 3 aromatic rings. The molecule has 140 valence electrons. The Labute approximate surface area is 154 Å². The Kier molecular flexibility index (Phi) is 5.21. The summed E-state index contributed by atoms with van der Waals surface area (Å²) in [6, 6.07) is 7.44. The summed E-state index contributed by atoms with van der Waals surface area (Å²) >= 11 is 0. The Morgan fingerprint density at radius 2 is 2.04 bits per heavy atom. The first kappa shape index (κ1) is 18.6. The van der Waals surface area contributed by atoms with Gasteiger partial charge in [-0.2, -0.15) is 0 Å². The maximum atomic E-state index is 13.6. The van der Waals surface area contributed by atoms with Crippen molar-refractivity contribution in [3.05, 3.63) is 76.3 Å². The van der Waals surface area contributed by atoms with E-state index in [4.69, 9.17) is 9.26 Å². The average Bonchev–Trinajstić information content (AvgIpc) is 3.17. The molecule has 0 bridgehead atoms. The van der Waals surface area contributed by atoms with Crippen LogP contribution in [-0.2, 0) is 16.1 Å². The van der Waals surface area contributed by atoms with Crippen LogP contribution in [0.4, 0.5) is 8.78 Å². The van der Waals surface area contributed by atoms with Crippen molar-refractivity contribution in [2.24, 2.45) is 0 Å². The zero-order valence-electron chi connectivity index (χ0n) is 15.1. The molecule has 0 spiro atoms. The highest BCUT2D eigenvalue weighted by molar-refractivity contribution is 5.87. The first-order valence-electron chi connectivity index (χ1n) is 8.27. The number of aryl methyl sites for hydroxylation is 2. The van der Waals surface area contributed by atoms with Gasteiger partial charge >= 0.3 is 5.97 Å². The van der Waals surface area contributed by atoms with Crippen molar-refractivity contribution in [3.63, 3.8) is 0 Å². The lowest BCUT2D eigenvalue weighted by Crippen LogP contribution is -2.03. The molecule has 27 heavy (non-hydrogen) atoms. The maximum Gasteiger partial charge on any atom is 0.331 e. The fraction of sp³-hybridized carbons (Fsp3) is 0.200. The number of aromatic nitrogens is 2. The van der Waals surface area contributed by atoms with Crippen molar-refractivity contribution >= 4 is 12.0 Å². The highest BCUT2D eigenvalue weighted by Crippen LogP contribution is 2.21. The number of ether oxygens (including phenoxy) is 1. The van der Waals surface area contributed by atoms with Gasteiger partial charge in [-0.25, -0.2) is 13.6 Å². The van der Waals surface area contributed by atoms with Crippen LogP contribution >= 0.6 is 0 Å². The Hall–Kier alpha value is -3.22. The first-order valence-corrected chi connectivity index (χ1v) is 8.27. The Bertz CT molecular complexity index is 1020. The predicted octanol–water partition coefficient (Wildman–Crippen LogP) is 4.43. The number of esters is 1. The fourth-order valence-electron chi connectivity index (χ4n) is 2.78.